The third-order valence-electron chi connectivity index (χ3n) is 7.59. The number of likely N-dealkylation sites (tertiary alicyclic amines) is 1. The molecule has 1 amide bonds. The smallest absolute Gasteiger partial charge is 0.352 e. The first-order chi connectivity index (χ1) is 16.2. The van der Waals surface area contributed by atoms with Gasteiger partial charge in [0.15, 0.2) is 0 Å². The van der Waals surface area contributed by atoms with Gasteiger partial charge in [0.05, 0.1) is 11.5 Å². The van der Waals surface area contributed by atoms with E-state index >= 15 is 0 Å². The highest BCUT2D eigenvalue weighted by Gasteiger charge is 2.43. The maximum atomic E-state index is 13.2. The molecule has 4 rings (SSSR count). The van der Waals surface area contributed by atoms with Gasteiger partial charge in [0, 0.05) is 19.1 Å². The first-order valence-electron chi connectivity index (χ1n) is 12.5. The normalized spacial score (nSPS) is 23.8. The Hall–Kier alpha value is -2.34. The van der Waals surface area contributed by atoms with Gasteiger partial charge >= 0.3 is 6.18 Å². The Balaban J connectivity index is 1.27. The van der Waals surface area contributed by atoms with E-state index in [1.807, 2.05) is 30.3 Å². The van der Waals surface area contributed by atoms with Crippen LogP contribution in [0.15, 0.2) is 54.6 Å². The number of rotatable bonds is 8. The fourth-order valence-corrected chi connectivity index (χ4v) is 5.86. The minimum atomic E-state index is -4.28. The molecule has 1 saturated carbocycles. The van der Waals surface area contributed by atoms with E-state index in [0.29, 0.717) is 11.8 Å². The first kappa shape index (κ1) is 24.8. The first-order valence-corrected chi connectivity index (χ1v) is 12.5. The summed E-state index contributed by atoms with van der Waals surface area (Å²) in [6.07, 6.45) is -0.403. The molecule has 4 unspecified atom stereocenters. The Morgan fingerprint density at radius 3 is 2.38 bits per heavy atom. The summed E-state index contributed by atoms with van der Waals surface area (Å²) in [5.41, 5.74) is 1.42. The lowest BCUT2D eigenvalue weighted by Gasteiger charge is -2.26. The summed E-state index contributed by atoms with van der Waals surface area (Å²) >= 11 is 0. The molecule has 1 heterocycles. The van der Waals surface area contributed by atoms with Crippen molar-refractivity contribution < 1.29 is 18.0 Å². The summed E-state index contributed by atoms with van der Waals surface area (Å²) in [4.78, 5) is 15.7. The third kappa shape index (κ3) is 5.83. The number of hydrogen-bond acceptors (Lipinski definition) is 2. The highest BCUT2D eigenvalue weighted by atomic mass is 19.4. The second kappa shape index (κ2) is 10.5. The zero-order chi connectivity index (χ0) is 24.3. The Kier molecular flexibility index (Phi) is 7.66. The molecule has 1 N–H and O–H groups in total. The van der Waals surface area contributed by atoms with Crippen LogP contribution in [0.1, 0.15) is 55.7 Å². The number of benzene rings is 2. The van der Waals surface area contributed by atoms with Gasteiger partial charge in [-0.15, -0.1) is 0 Å². The highest BCUT2D eigenvalue weighted by Crippen LogP contribution is 2.39. The van der Waals surface area contributed by atoms with Crippen molar-refractivity contribution in [2.75, 3.05) is 19.6 Å². The molecule has 1 aliphatic heterocycles. The Labute approximate surface area is 200 Å². The van der Waals surface area contributed by atoms with Crippen LogP contribution >= 0.6 is 0 Å². The molecule has 2 aromatic carbocycles. The van der Waals surface area contributed by atoms with Crippen molar-refractivity contribution >= 4 is 5.91 Å². The molecule has 4 atom stereocenters. The summed E-state index contributed by atoms with van der Waals surface area (Å²) in [5, 5.41) is 3.39. The maximum Gasteiger partial charge on any atom is 0.416 e. The topological polar surface area (TPSA) is 32.3 Å². The van der Waals surface area contributed by atoms with Gasteiger partial charge in [-0.2, -0.15) is 13.2 Å². The van der Waals surface area contributed by atoms with Gasteiger partial charge < -0.3 is 10.2 Å². The van der Waals surface area contributed by atoms with Gasteiger partial charge in [-0.3, -0.25) is 4.79 Å². The van der Waals surface area contributed by atoms with E-state index in [-0.39, 0.29) is 23.8 Å². The number of aryl methyl sites for hydroxylation is 1. The average molecular weight is 473 g/mol. The Morgan fingerprint density at radius 2 is 1.74 bits per heavy atom. The molecule has 184 valence electrons. The lowest BCUT2D eigenvalue weighted by atomic mass is 9.87. The average Bonchev–Trinajstić information content (AvgIpc) is 3.35. The summed E-state index contributed by atoms with van der Waals surface area (Å²) in [7, 11) is 0. The van der Waals surface area contributed by atoms with Crippen LogP contribution in [0.2, 0.25) is 0 Å². The van der Waals surface area contributed by atoms with Gasteiger partial charge in [-0.25, -0.2) is 0 Å². The van der Waals surface area contributed by atoms with E-state index in [9.17, 15) is 18.0 Å². The minimum Gasteiger partial charge on any atom is -0.352 e. The fraction of sp³-hybridized carbons (Fsp3) is 0.536. The zero-order valence-corrected chi connectivity index (χ0v) is 20.0. The zero-order valence-electron chi connectivity index (χ0n) is 20.0. The van der Waals surface area contributed by atoms with Crippen molar-refractivity contribution in [1.82, 2.24) is 10.2 Å². The van der Waals surface area contributed by atoms with Crippen LogP contribution in [0, 0.1) is 17.8 Å². The number of carbonyl (C=O) groups is 1. The molecule has 2 aliphatic rings. The van der Waals surface area contributed by atoms with E-state index in [4.69, 9.17) is 0 Å². The van der Waals surface area contributed by atoms with E-state index in [2.05, 4.69) is 24.1 Å². The van der Waals surface area contributed by atoms with E-state index in [1.54, 1.807) is 12.1 Å². The van der Waals surface area contributed by atoms with Crippen LogP contribution in [0.25, 0.3) is 0 Å². The second-order valence-corrected chi connectivity index (χ2v) is 10.3. The Bertz CT molecular complexity index is 942. The molecule has 0 aromatic heterocycles. The summed E-state index contributed by atoms with van der Waals surface area (Å²) < 4.78 is 38.2. The van der Waals surface area contributed by atoms with Gasteiger partial charge in [0.25, 0.3) is 0 Å². The molecule has 1 saturated heterocycles. The van der Waals surface area contributed by atoms with Crippen LogP contribution in [0.4, 0.5) is 13.2 Å². The van der Waals surface area contributed by atoms with Gasteiger partial charge in [0.1, 0.15) is 0 Å². The van der Waals surface area contributed by atoms with Crippen molar-refractivity contribution in [2.45, 2.75) is 57.7 Å². The van der Waals surface area contributed by atoms with Crippen LogP contribution in [0.5, 0.6) is 0 Å². The number of carbonyl (C=O) groups excluding carboxylic acids is 1. The van der Waals surface area contributed by atoms with Crippen molar-refractivity contribution in [2.24, 2.45) is 17.8 Å². The highest BCUT2D eigenvalue weighted by molar-refractivity contribution is 5.84. The van der Waals surface area contributed by atoms with E-state index < -0.39 is 11.7 Å². The maximum absolute atomic E-state index is 13.2. The molecule has 34 heavy (non-hydrogen) atoms. The lowest BCUT2D eigenvalue weighted by molar-refractivity contribution is -0.137. The van der Waals surface area contributed by atoms with Gasteiger partial charge in [-0.05, 0) is 73.2 Å². The predicted molar refractivity (Wildman–Crippen MR) is 128 cm³/mol. The van der Waals surface area contributed by atoms with Crippen molar-refractivity contribution in [1.29, 1.82) is 0 Å². The molecule has 3 nitrogen and oxygen atoms in total. The standard InChI is InChI=1S/C28H35F3N2O/c1-19(2)26(21-8-4-3-5-9-21)27(34)32-25-15-12-22-17-33(18-24(22)25)16-6-7-20-10-13-23(14-11-20)28(29,30)31/h3-5,8-11,13-14,19,22,24-26H,6-7,12,15-18H2,1-2H3,(H,32,34). The van der Waals surface area contributed by atoms with Crippen LogP contribution < -0.4 is 5.32 Å². The molecular weight excluding hydrogens is 437 g/mol. The van der Waals surface area contributed by atoms with Crippen LogP contribution in [0.3, 0.4) is 0 Å². The molecular formula is C28H35F3N2O. The van der Waals surface area contributed by atoms with Gasteiger partial charge in [0.2, 0.25) is 5.91 Å². The number of nitrogens with zero attached hydrogens (tertiary/aromatic N) is 1. The fourth-order valence-electron chi connectivity index (χ4n) is 5.86. The molecule has 6 heteroatoms. The van der Waals surface area contributed by atoms with Crippen LogP contribution in [-0.4, -0.2) is 36.5 Å². The summed E-state index contributed by atoms with van der Waals surface area (Å²) in [6, 6.07) is 15.8. The Morgan fingerprint density at radius 1 is 1.03 bits per heavy atom. The van der Waals surface area contributed by atoms with Crippen molar-refractivity contribution in [3.05, 3.63) is 71.3 Å². The molecule has 2 aromatic rings. The molecule has 0 bridgehead atoms. The second-order valence-electron chi connectivity index (χ2n) is 10.3. The van der Waals surface area contributed by atoms with Crippen molar-refractivity contribution in [3.8, 4) is 0 Å². The number of hydrogen-bond donors (Lipinski definition) is 1. The number of fused-ring (bicyclic) bond motifs is 1. The van der Waals surface area contributed by atoms with Crippen LogP contribution in [-0.2, 0) is 17.4 Å². The SMILES string of the molecule is CC(C)C(C(=O)NC1CCC2CN(CCCc3ccc(C(F)(F)F)cc3)CC21)c1ccccc1. The lowest BCUT2D eigenvalue weighted by Crippen LogP contribution is -2.43. The largest absolute Gasteiger partial charge is 0.416 e. The number of alkyl halides is 3. The van der Waals surface area contributed by atoms with E-state index in [1.165, 1.54) is 12.1 Å². The summed E-state index contributed by atoms with van der Waals surface area (Å²) in [6.45, 7) is 7.18. The summed E-state index contributed by atoms with van der Waals surface area (Å²) in [5.74, 6) is 1.32. The molecule has 0 spiro atoms. The van der Waals surface area contributed by atoms with Gasteiger partial charge in [-0.1, -0.05) is 56.3 Å². The third-order valence-corrected chi connectivity index (χ3v) is 7.59. The molecule has 1 aliphatic carbocycles. The number of amides is 1. The monoisotopic (exact) mass is 472 g/mol. The quantitative estimate of drug-likeness (QED) is 0.519. The number of halogens is 3. The molecule has 0 radical (unpaired) electrons. The predicted octanol–water partition coefficient (Wildman–Crippen LogP) is 5.90. The minimum absolute atomic E-state index is 0.132. The van der Waals surface area contributed by atoms with E-state index in [0.717, 1.165) is 56.4 Å². The molecule has 2 fully saturated rings. The van der Waals surface area contributed by atoms with Crippen molar-refractivity contribution in [3.63, 3.8) is 0 Å². The number of nitrogens with one attached hydrogen (secondary N) is 1.